The fraction of sp³-hybridized carbons (Fsp3) is 0.192. The number of carbonyl (C=O) groups is 1. The molecule has 0 unspecified atom stereocenters. The molecule has 0 aliphatic heterocycles. The van der Waals surface area contributed by atoms with Crippen LogP contribution in [0.2, 0.25) is 0 Å². The van der Waals surface area contributed by atoms with Crippen LogP contribution in [0, 0.1) is 6.92 Å². The van der Waals surface area contributed by atoms with Crippen molar-refractivity contribution in [3.8, 4) is 5.75 Å². The molecule has 0 radical (unpaired) electrons. The first-order valence-corrected chi connectivity index (χ1v) is 10.4. The highest BCUT2D eigenvalue weighted by Crippen LogP contribution is 2.20. The fourth-order valence-electron chi connectivity index (χ4n) is 3.56. The van der Waals surface area contributed by atoms with E-state index in [2.05, 4.69) is 41.5 Å². The first-order chi connectivity index (χ1) is 15.1. The molecule has 0 amide bonds. The number of para-hydroxylation sites is 1. The predicted molar refractivity (Wildman–Crippen MR) is 122 cm³/mol. The third-order valence-electron chi connectivity index (χ3n) is 5.40. The van der Waals surface area contributed by atoms with Crippen LogP contribution in [0.4, 0.5) is 0 Å². The molecule has 0 fully saturated rings. The molecule has 3 aromatic carbocycles. The number of nitrogens with one attached hydrogen (secondary N) is 2. The zero-order valence-corrected chi connectivity index (χ0v) is 17.5. The van der Waals surface area contributed by atoms with E-state index in [9.17, 15) is 9.90 Å². The third-order valence-corrected chi connectivity index (χ3v) is 5.40. The van der Waals surface area contributed by atoms with Crippen molar-refractivity contribution in [2.24, 2.45) is 0 Å². The summed E-state index contributed by atoms with van der Waals surface area (Å²) in [6.07, 6.45) is 2.31. The normalized spacial score (nSPS) is 12.0. The van der Waals surface area contributed by atoms with Gasteiger partial charge in [0.05, 0.1) is 0 Å². The monoisotopic (exact) mass is 414 g/mol. The number of aliphatic carboxylic acids is 1. The summed E-state index contributed by atoms with van der Waals surface area (Å²) in [7, 11) is 0. The molecule has 0 bridgehead atoms. The maximum atomic E-state index is 11.8. The lowest BCUT2D eigenvalue weighted by atomic mass is 10.0. The van der Waals surface area contributed by atoms with Crippen LogP contribution in [0.25, 0.3) is 10.9 Å². The minimum atomic E-state index is -0.858. The number of hydrogen-bond acceptors (Lipinski definition) is 3. The largest absolute Gasteiger partial charge is 0.489 e. The number of aromatic amines is 1. The van der Waals surface area contributed by atoms with Crippen LogP contribution in [0.5, 0.6) is 5.75 Å². The lowest BCUT2D eigenvalue weighted by molar-refractivity contribution is -0.139. The third kappa shape index (κ3) is 5.32. The SMILES string of the molecule is Cc1ccc(COc2ccc(CN[C@H](Cc3c[nH]c4ccccc34)C(=O)O)cc2)cc1. The van der Waals surface area contributed by atoms with Gasteiger partial charge >= 0.3 is 5.97 Å². The molecule has 1 atom stereocenters. The quantitative estimate of drug-likeness (QED) is 0.366. The van der Waals surface area contributed by atoms with Crippen molar-refractivity contribution in [2.75, 3.05) is 0 Å². The van der Waals surface area contributed by atoms with Gasteiger partial charge in [-0.1, -0.05) is 60.2 Å². The van der Waals surface area contributed by atoms with Gasteiger partial charge in [-0.2, -0.15) is 0 Å². The summed E-state index contributed by atoms with van der Waals surface area (Å²) >= 11 is 0. The summed E-state index contributed by atoms with van der Waals surface area (Å²) in [4.78, 5) is 15.0. The fourth-order valence-corrected chi connectivity index (χ4v) is 3.56. The maximum absolute atomic E-state index is 11.8. The van der Waals surface area contributed by atoms with Crippen LogP contribution in [0.15, 0.2) is 79.0 Å². The summed E-state index contributed by atoms with van der Waals surface area (Å²) in [5.74, 6) is -0.0683. The second-order valence-corrected chi connectivity index (χ2v) is 7.75. The molecule has 0 aliphatic carbocycles. The first kappa shape index (κ1) is 20.7. The van der Waals surface area contributed by atoms with Gasteiger partial charge in [-0.3, -0.25) is 4.79 Å². The number of H-pyrrole nitrogens is 1. The Morgan fingerprint density at radius 2 is 1.71 bits per heavy atom. The van der Waals surface area contributed by atoms with Crippen molar-refractivity contribution < 1.29 is 14.6 Å². The van der Waals surface area contributed by atoms with E-state index < -0.39 is 12.0 Å². The Morgan fingerprint density at radius 3 is 2.45 bits per heavy atom. The topological polar surface area (TPSA) is 74.3 Å². The highest BCUT2D eigenvalue weighted by atomic mass is 16.5. The zero-order valence-electron chi connectivity index (χ0n) is 17.5. The number of aryl methyl sites for hydroxylation is 1. The lowest BCUT2D eigenvalue weighted by Gasteiger charge is -2.14. The Kier molecular flexibility index (Phi) is 6.34. The molecule has 5 heteroatoms. The number of carboxylic acids is 1. The van der Waals surface area contributed by atoms with E-state index >= 15 is 0 Å². The molecular formula is C26H26N2O3. The smallest absolute Gasteiger partial charge is 0.321 e. The Labute approximate surface area is 181 Å². The van der Waals surface area contributed by atoms with E-state index in [1.54, 1.807) is 0 Å². The van der Waals surface area contributed by atoms with Crippen molar-refractivity contribution in [3.05, 3.63) is 101 Å². The highest BCUT2D eigenvalue weighted by Gasteiger charge is 2.19. The first-order valence-electron chi connectivity index (χ1n) is 10.4. The van der Waals surface area contributed by atoms with Crippen molar-refractivity contribution >= 4 is 16.9 Å². The van der Waals surface area contributed by atoms with Crippen LogP contribution in [0.1, 0.15) is 22.3 Å². The van der Waals surface area contributed by atoms with E-state index in [0.29, 0.717) is 19.6 Å². The van der Waals surface area contributed by atoms with Gasteiger partial charge in [0.15, 0.2) is 0 Å². The van der Waals surface area contributed by atoms with Crippen LogP contribution in [-0.2, 0) is 24.4 Å². The maximum Gasteiger partial charge on any atom is 0.321 e. The van der Waals surface area contributed by atoms with Crippen molar-refractivity contribution in [3.63, 3.8) is 0 Å². The van der Waals surface area contributed by atoms with E-state index in [1.807, 2.05) is 54.7 Å². The van der Waals surface area contributed by atoms with Gasteiger partial charge in [0.25, 0.3) is 0 Å². The molecule has 1 heterocycles. The molecular weight excluding hydrogens is 388 g/mol. The van der Waals surface area contributed by atoms with E-state index in [0.717, 1.165) is 33.3 Å². The lowest BCUT2D eigenvalue weighted by Crippen LogP contribution is -2.38. The molecule has 0 aliphatic rings. The summed E-state index contributed by atoms with van der Waals surface area (Å²) in [5.41, 5.74) is 5.37. The number of ether oxygens (including phenoxy) is 1. The summed E-state index contributed by atoms with van der Waals surface area (Å²) in [6, 6.07) is 23.3. The van der Waals surface area contributed by atoms with Crippen molar-refractivity contribution in [1.82, 2.24) is 10.3 Å². The van der Waals surface area contributed by atoms with Gasteiger partial charge in [-0.15, -0.1) is 0 Å². The molecule has 158 valence electrons. The van der Waals surface area contributed by atoms with Crippen LogP contribution < -0.4 is 10.1 Å². The average molecular weight is 415 g/mol. The minimum absolute atomic E-state index is 0.414. The molecule has 4 rings (SSSR count). The average Bonchev–Trinajstić information content (AvgIpc) is 3.19. The molecule has 0 saturated heterocycles. The number of aromatic nitrogens is 1. The second-order valence-electron chi connectivity index (χ2n) is 7.75. The summed E-state index contributed by atoms with van der Waals surface area (Å²) in [6.45, 7) is 3.05. The number of hydrogen-bond donors (Lipinski definition) is 3. The van der Waals surface area contributed by atoms with Gasteiger partial charge in [-0.05, 0) is 41.8 Å². The van der Waals surface area contributed by atoms with Crippen LogP contribution in [0.3, 0.4) is 0 Å². The second kappa shape index (κ2) is 9.49. The number of fused-ring (bicyclic) bond motifs is 1. The van der Waals surface area contributed by atoms with E-state index in [-0.39, 0.29) is 0 Å². The molecule has 5 nitrogen and oxygen atoms in total. The number of benzene rings is 3. The minimum Gasteiger partial charge on any atom is -0.489 e. The van der Waals surface area contributed by atoms with Crippen molar-refractivity contribution in [2.45, 2.75) is 32.5 Å². The van der Waals surface area contributed by atoms with Gasteiger partial charge in [0.2, 0.25) is 0 Å². The Balaban J connectivity index is 1.33. The van der Waals surface area contributed by atoms with E-state index in [1.165, 1.54) is 5.56 Å². The van der Waals surface area contributed by atoms with Crippen LogP contribution in [-0.4, -0.2) is 22.1 Å². The van der Waals surface area contributed by atoms with Gasteiger partial charge in [0, 0.05) is 30.1 Å². The Hall–Kier alpha value is -3.57. The molecule has 4 aromatic rings. The number of carboxylic acid groups (broad SMARTS) is 1. The Morgan fingerprint density at radius 1 is 1.00 bits per heavy atom. The molecule has 0 saturated carbocycles. The predicted octanol–water partition coefficient (Wildman–Crippen LogP) is 4.84. The highest BCUT2D eigenvalue weighted by molar-refractivity contribution is 5.84. The van der Waals surface area contributed by atoms with Gasteiger partial charge in [-0.25, -0.2) is 0 Å². The molecule has 0 spiro atoms. The Bertz CT molecular complexity index is 1150. The zero-order chi connectivity index (χ0) is 21.6. The van der Waals surface area contributed by atoms with Crippen LogP contribution >= 0.6 is 0 Å². The summed E-state index contributed by atoms with van der Waals surface area (Å²) in [5, 5.41) is 13.9. The van der Waals surface area contributed by atoms with E-state index in [4.69, 9.17) is 4.74 Å². The molecule has 1 aromatic heterocycles. The van der Waals surface area contributed by atoms with Gasteiger partial charge in [0.1, 0.15) is 18.4 Å². The van der Waals surface area contributed by atoms with Crippen molar-refractivity contribution in [1.29, 1.82) is 0 Å². The van der Waals surface area contributed by atoms with Gasteiger partial charge < -0.3 is 20.1 Å². The standard InChI is InChI=1S/C26H26N2O3/c1-18-6-8-20(9-7-18)17-31-22-12-10-19(11-13-22)15-27-25(26(29)30)14-21-16-28-24-5-3-2-4-23(21)24/h2-13,16,25,27-28H,14-15,17H2,1H3,(H,29,30)/t25-/m1/s1. The molecule has 31 heavy (non-hydrogen) atoms. The number of rotatable bonds is 9. The summed E-state index contributed by atoms with van der Waals surface area (Å²) < 4.78 is 5.84. The molecule has 3 N–H and O–H groups in total.